The first-order chi connectivity index (χ1) is 9.72. The van der Waals surface area contributed by atoms with Crippen LogP contribution in [-0.2, 0) is 9.59 Å². The molecule has 2 aliphatic rings. The molecule has 0 radical (unpaired) electrons. The van der Waals surface area contributed by atoms with Crippen molar-refractivity contribution in [1.29, 1.82) is 0 Å². The minimum atomic E-state index is -0.352. The van der Waals surface area contributed by atoms with Crippen LogP contribution in [0.2, 0.25) is 0 Å². The summed E-state index contributed by atoms with van der Waals surface area (Å²) in [5.41, 5.74) is 1.58. The van der Waals surface area contributed by atoms with E-state index in [1.807, 2.05) is 30.5 Å². The minimum absolute atomic E-state index is 0.126. The van der Waals surface area contributed by atoms with Gasteiger partial charge in [0.15, 0.2) is 0 Å². The summed E-state index contributed by atoms with van der Waals surface area (Å²) < 4.78 is 0. The number of carbonyl (C=O) groups excluding carboxylic acids is 2. The molecule has 2 fully saturated rings. The number of H-pyrrole nitrogens is 1. The Balaban J connectivity index is 1.65. The highest BCUT2D eigenvalue weighted by Crippen LogP contribution is 2.28. The second-order valence-corrected chi connectivity index (χ2v) is 5.51. The number of carbonyl (C=O) groups is 2. The van der Waals surface area contributed by atoms with Gasteiger partial charge in [0.1, 0.15) is 0 Å². The average Bonchev–Trinajstić information content (AvgIpc) is 3.04. The van der Waals surface area contributed by atoms with Gasteiger partial charge >= 0.3 is 0 Å². The van der Waals surface area contributed by atoms with Crippen LogP contribution in [0.15, 0.2) is 30.5 Å². The second-order valence-electron chi connectivity index (χ2n) is 5.51. The lowest BCUT2D eigenvalue weighted by Gasteiger charge is -2.15. The molecule has 1 aliphatic carbocycles. The van der Waals surface area contributed by atoms with Crippen molar-refractivity contribution < 1.29 is 9.59 Å². The maximum absolute atomic E-state index is 12.4. The smallest absolute Gasteiger partial charge is 0.251 e. The van der Waals surface area contributed by atoms with E-state index in [-0.39, 0.29) is 24.3 Å². The van der Waals surface area contributed by atoms with Crippen LogP contribution in [0.1, 0.15) is 19.3 Å². The zero-order valence-corrected chi connectivity index (χ0v) is 10.9. The molecule has 2 N–H and O–H groups in total. The average molecular weight is 269 g/mol. The molecule has 102 valence electrons. The number of benzene rings is 1. The molecular formula is C15H15N3O2. The van der Waals surface area contributed by atoms with Crippen LogP contribution in [0.3, 0.4) is 0 Å². The maximum atomic E-state index is 12.4. The van der Waals surface area contributed by atoms with Gasteiger partial charge in [-0.3, -0.25) is 9.59 Å². The van der Waals surface area contributed by atoms with Gasteiger partial charge in [0, 0.05) is 17.8 Å². The number of hydrogen-bond donors (Lipinski definition) is 2. The number of amides is 2. The lowest BCUT2D eigenvalue weighted by atomic mass is 10.2. The molecule has 1 saturated heterocycles. The zero-order valence-electron chi connectivity index (χ0n) is 10.9. The summed E-state index contributed by atoms with van der Waals surface area (Å²) in [5.74, 6) is -0.258. The fourth-order valence-electron chi connectivity index (χ4n) is 2.74. The molecule has 0 spiro atoms. The SMILES string of the molecule is O=C1CC(NC2CC2)C(=O)N1c1ccc2cc[nH]c2c1. The van der Waals surface area contributed by atoms with Gasteiger partial charge < -0.3 is 10.3 Å². The zero-order chi connectivity index (χ0) is 13.7. The topological polar surface area (TPSA) is 65.2 Å². The van der Waals surface area contributed by atoms with Crippen molar-refractivity contribution in [3.05, 3.63) is 30.5 Å². The molecular weight excluding hydrogens is 254 g/mol. The molecule has 5 nitrogen and oxygen atoms in total. The minimum Gasteiger partial charge on any atom is -0.361 e. The monoisotopic (exact) mass is 269 g/mol. The largest absolute Gasteiger partial charge is 0.361 e. The Morgan fingerprint density at radius 1 is 1.20 bits per heavy atom. The molecule has 5 heteroatoms. The third kappa shape index (κ3) is 1.82. The van der Waals surface area contributed by atoms with Gasteiger partial charge in [0.25, 0.3) is 5.91 Å². The summed E-state index contributed by atoms with van der Waals surface area (Å²) in [4.78, 5) is 28.9. The normalized spacial score (nSPS) is 23.0. The maximum Gasteiger partial charge on any atom is 0.251 e. The van der Waals surface area contributed by atoms with E-state index in [2.05, 4.69) is 10.3 Å². The summed E-state index contributed by atoms with van der Waals surface area (Å²) in [7, 11) is 0. The first kappa shape index (κ1) is 11.7. The van der Waals surface area contributed by atoms with Crippen LogP contribution in [0.25, 0.3) is 10.9 Å². The van der Waals surface area contributed by atoms with E-state index in [1.165, 1.54) is 4.90 Å². The molecule has 2 amide bonds. The Labute approximate surface area is 115 Å². The molecule has 1 unspecified atom stereocenters. The van der Waals surface area contributed by atoms with Gasteiger partial charge in [-0.1, -0.05) is 6.07 Å². The van der Waals surface area contributed by atoms with Gasteiger partial charge in [0.05, 0.1) is 18.2 Å². The third-order valence-electron chi connectivity index (χ3n) is 3.96. The van der Waals surface area contributed by atoms with E-state index in [0.717, 1.165) is 23.7 Å². The van der Waals surface area contributed by atoms with E-state index in [1.54, 1.807) is 0 Å². The lowest BCUT2D eigenvalue weighted by Crippen LogP contribution is -2.39. The Kier molecular flexibility index (Phi) is 2.44. The van der Waals surface area contributed by atoms with Crippen LogP contribution >= 0.6 is 0 Å². The van der Waals surface area contributed by atoms with Crippen LogP contribution < -0.4 is 10.2 Å². The van der Waals surface area contributed by atoms with Crippen molar-refractivity contribution in [3.63, 3.8) is 0 Å². The first-order valence-corrected chi connectivity index (χ1v) is 6.92. The number of hydrogen-bond acceptors (Lipinski definition) is 3. The van der Waals surface area contributed by atoms with E-state index in [0.29, 0.717) is 11.7 Å². The van der Waals surface area contributed by atoms with Crippen molar-refractivity contribution in [2.45, 2.75) is 31.3 Å². The number of nitrogens with zero attached hydrogens (tertiary/aromatic N) is 1. The standard InChI is InChI=1S/C15H15N3O2/c19-14-8-13(17-10-2-3-10)15(20)18(14)11-4-1-9-5-6-16-12(9)7-11/h1,4-7,10,13,16-17H,2-3,8H2. The molecule has 0 bridgehead atoms. The number of aromatic amines is 1. The summed E-state index contributed by atoms with van der Waals surface area (Å²) in [5, 5.41) is 4.31. The first-order valence-electron chi connectivity index (χ1n) is 6.92. The fourth-order valence-corrected chi connectivity index (χ4v) is 2.74. The van der Waals surface area contributed by atoms with Crippen molar-refractivity contribution in [2.75, 3.05) is 4.90 Å². The number of anilines is 1. The van der Waals surface area contributed by atoms with Crippen LogP contribution in [0, 0.1) is 0 Å². The summed E-state index contributed by atoms with van der Waals surface area (Å²) in [6.07, 6.45) is 4.32. The Bertz CT molecular complexity index is 702. The summed E-state index contributed by atoms with van der Waals surface area (Å²) in [6.45, 7) is 0. The van der Waals surface area contributed by atoms with Crippen molar-refractivity contribution in [2.24, 2.45) is 0 Å². The second kappa shape index (κ2) is 4.18. The molecule has 1 atom stereocenters. The van der Waals surface area contributed by atoms with Crippen molar-refractivity contribution in [1.82, 2.24) is 10.3 Å². The van der Waals surface area contributed by atoms with Gasteiger partial charge in [-0.25, -0.2) is 4.90 Å². The van der Waals surface area contributed by atoms with Crippen LogP contribution in [-0.4, -0.2) is 28.9 Å². The molecule has 1 aliphatic heterocycles. The van der Waals surface area contributed by atoms with Crippen LogP contribution in [0.4, 0.5) is 5.69 Å². The third-order valence-corrected chi connectivity index (χ3v) is 3.96. The fraction of sp³-hybridized carbons (Fsp3) is 0.333. The number of imide groups is 1. The number of rotatable bonds is 3. The molecule has 1 aromatic carbocycles. The summed E-state index contributed by atoms with van der Waals surface area (Å²) >= 11 is 0. The predicted octanol–water partition coefficient (Wildman–Crippen LogP) is 1.55. The Morgan fingerprint density at radius 2 is 2.05 bits per heavy atom. The van der Waals surface area contributed by atoms with Crippen molar-refractivity contribution in [3.8, 4) is 0 Å². The summed E-state index contributed by atoms with van der Waals surface area (Å²) in [6, 6.07) is 7.63. The van der Waals surface area contributed by atoms with Gasteiger partial charge in [-0.05, 0) is 36.4 Å². The predicted molar refractivity (Wildman–Crippen MR) is 75.4 cm³/mol. The van der Waals surface area contributed by atoms with Gasteiger partial charge in [0.2, 0.25) is 5.91 Å². The van der Waals surface area contributed by atoms with Crippen LogP contribution in [0.5, 0.6) is 0 Å². The van der Waals surface area contributed by atoms with E-state index in [9.17, 15) is 9.59 Å². The van der Waals surface area contributed by atoms with E-state index >= 15 is 0 Å². The highest BCUT2D eigenvalue weighted by atomic mass is 16.2. The molecule has 2 aromatic rings. The Hall–Kier alpha value is -2.14. The number of aromatic nitrogens is 1. The Morgan fingerprint density at radius 3 is 2.85 bits per heavy atom. The quantitative estimate of drug-likeness (QED) is 0.831. The van der Waals surface area contributed by atoms with E-state index in [4.69, 9.17) is 0 Å². The van der Waals surface area contributed by atoms with Gasteiger partial charge in [-0.2, -0.15) is 0 Å². The van der Waals surface area contributed by atoms with Crippen molar-refractivity contribution >= 4 is 28.4 Å². The number of fused-ring (bicyclic) bond motifs is 1. The molecule has 1 aromatic heterocycles. The lowest BCUT2D eigenvalue weighted by molar-refractivity contribution is -0.121. The highest BCUT2D eigenvalue weighted by molar-refractivity contribution is 6.22. The van der Waals surface area contributed by atoms with E-state index < -0.39 is 0 Å². The molecule has 1 saturated carbocycles. The molecule has 20 heavy (non-hydrogen) atoms. The number of nitrogens with one attached hydrogen (secondary N) is 2. The molecule has 2 heterocycles. The van der Waals surface area contributed by atoms with Gasteiger partial charge in [-0.15, -0.1) is 0 Å². The highest BCUT2D eigenvalue weighted by Gasteiger charge is 2.41. The molecule has 4 rings (SSSR count).